The third-order valence-corrected chi connectivity index (χ3v) is 5.87. The molecular formula is C16H22N2O3S. The molecule has 0 radical (unpaired) electrons. The van der Waals surface area contributed by atoms with Crippen molar-refractivity contribution in [3.63, 3.8) is 0 Å². The molecule has 2 atom stereocenters. The highest BCUT2D eigenvalue weighted by atomic mass is 32.1. The van der Waals surface area contributed by atoms with E-state index in [4.69, 9.17) is 0 Å². The van der Waals surface area contributed by atoms with Crippen LogP contribution in [-0.2, 0) is 10.2 Å². The van der Waals surface area contributed by atoms with Crippen molar-refractivity contribution in [3.8, 4) is 0 Å². The van der Waals surface area contributed by atoms with E-state index in [0.29, 0.717) is 24.4 Å². The highest BCUT2D eigenvalue weighted by Crippen LogP contribution is 2.49. The SMILES string of the molecule is CC(C)(C)c1ncsc1C(=O)N1C[C@@H]2CCC[C@@]2(C(=O)O)C1. The van der Waals surface area contributed by atoms with E-state index < -0.39 is 11.4 Å². The Morgan fingerprint density at radius 2 is 2.18 bits per heavy atom. The minimum absolute atomic E-state index is 0.0533. The van der Waals surface area contributed by atoms with Gasteiger partial charge in [0.25, 0.3) is 5.91 Å². The second kappa shape index (κ2) is 5.05. The third kappa shape index (κ3) is 2.24. The van der Waals surface area contributed by atoms with E-state index in [2.05, 4.69) is 4.98 Å². The number of aromatic nitrogens is 1. The molecule has 1 saturated carbocycles. The molecule has 1 amide bonds. The van der Waals surface area contributed by atoms with Gasteiger partial charge in [0.2, 0.25) is 0 Å². The molecule has 120 valence electrons. The van der Waals surface area contributed by atoms with Crippen LogP contribution < -0.4 is 0 Å². The molecule has 0 aromatic carbocycles. The van der Waals surface area contributed by atoms with Crippen LogP contribution in [0.2, 0.25) is 0 Å². The monoisotopic (exact) mass is 322 g/mol. The van der Waals surface area contributed by atoms with E-state index in [9.17, 15) is 14.7 Å². The zero-order chi connectivity index (χ0) is 16.1. The number of amides is 1. The molecular weight excluding hydrogens is 300 g/mol. The summed E-state index contributed by atoms with van der Waals surface area (Å²) in [6, 6.07) is 0. The van der Waals surface area contributed by atoms with Crippen LogP contribution in [0.15, 0.2) is 5.51 Å². The topological polar surface area (TPSA) is 70.5 Å². The van der Waals surface area contributed by atoms with E-state index in [1.54, 1.807) is 10.4 Å². The summed E-state index contributed by atoms with van der Waals surface area (Å²) in [5, 5.41) is 9.64. The molecule has 2 aliphatic rings. The second-order valence-corrected chi connectivity index (χ2v) is 8.37. The van der Waals surface area contributed by atoms with Crippen molar-refractivity contribution >= 4 is 23.2 Å². The van der Waals surface area contributed by atoms with Gasteiger partial charge in [-0.3, -0.25) is 9.59 Å². The molecule has 2 heterocycles. The Labute approximate surface area is 134 Å². The van der Waals surface area contributed by atoms with Crippen molar-refractivity contribution in [1.82, 2.24) is 9.88 Å². The molecule has 3 rings (SSSR count). The lowest BCUT2D eigenvalue weighted by molar-refractivity contribution is -0.149. The highest BCUT2D eigenvalue weighted by Gasteiger charge is 2.56. The molecule has 1 aliphatic heterocycles. The van der Waals surface area contributed by atoms with Gasteiger partial charge in [0.05, 0.1) is 16.6 Å². The minimum Gasteiger partial charge on any atom is -0.481 e. The van der Waals surface area contributed by atoms with Gasteiger partial charge in [0.1, 0.15) is 4.88 Å². The highest BCUT2D eigenvalue weighted by molar-refractivity contribution is 7.11. The molecule has 1 aliphatic carbocycles. The lowest BCUT2D eigenvalue weighted by Gasteiger charge is -2.24. The van der Waals surface area contributed by atoms with Crippen molar-refractivity contribution in [2.45, 2.75) is 45.4 Å². The molecule has 22 heavy (non-hydrogen) atoms. The third-order valence-electron chi connectivity index (χ3n) is 5.06. The molecule has 6 heteroatoms. The fraction of sp³-hybridized carbons (Fsp3) is 0.688. The van der Waals surface area contributed by atoms with E-state index >= 15 is 0 Å². The first-order valence-electron chi connectivity index (χ1n) is 7.72. The largest absolute Gasteiger partial charge is 0.481 e. The molecule has 0 unspecified atom stereocenters. The molecule has 0 bridgehead atoms. The predicted molar refractivity (Wildman–Crippen MR) is 84.1 cm³/mol. The predicted octanol–water partition coefficient (Wildman–Crippen LogP) is 2.77. The number of thiazole rings is 1. The molecule has 1 N–H and O–H groups in total. The lowest BCUT2D eigenvalue weighted by atomic mass is 9.81. The second-order valence-electron chi connectivity index (χ2n) is 7.52. The van der Waals surface area contributed by atoms with Crippen molar-refractivity contribution in [2.24, 2.45) is 11.3 Å². The van der Waals surface area contributed by atoms with Crippen LogP contribution in [0, 0.1) is 11.3 Å². The Morgan fingerprint density at radius 1 is 1.45 bits per heavy atom. The van der Waals surface area contributed by atoms with Crippen LogP contribution in [0.3, 0.4) is 0 Å². The minimum atomic E-state index is -0.745. The molecule has 2 fully saturated rings. The first-order chi connectivity index (χ1) is 10.3. The van der Waals surface area contributed by atoms with Crippen LogP contribution in [0.4, 0.5) is 0 Å². The van der Waals surface area contributed by atoms with Gasteiger partial charge in [-0.1, -0.05) is 27.2 Å². The molecule has 0 spiro atoms. The fourth-order valence-electron chi connectivity index (χ4n) is 3.87. The van der Waals surface area contributed by atoms with Gasteiger partial charge in [0, 0.05) is 18.5 Å². The van der Waals surface area contributed by atoms with Crippen LogP contribution in [0.1, 0.15) is 55.4 Å². The number of carbonyl (C=O) groups is 2. The summed E-state index contributed by atoms with van der Waals surface area (Å²) in [4.78, 5) is 31.4. The Morgan fingerprint density at radius 3 is 2.77 bits per heavy atom. The van der Waals surface area contributed by atoms with E-state index in [1.807, 2.05) is 20.8 Å². The number of aliphatic carboxylic acids is 1. The standard InChI is InChI=1S/C16H22N2O3S/c1-15(2,3)12-11(22-9-17-12)13(19)18-7-10-5-4-6-16(10,8-18)14(20)21/h9-10H,4-8H2,1-3H3,(H,20,21)/t10-,16+/m0/s1. The van der Waals surface area contributed by atoms with Crippen molar-refractivity contribution in [2.75, 3.05) is 13.1 Å². The van der Waals surface area contributed by atoms with Gasteiger partial charge >= 0.3 is 5.97 Å². The number of fused-ring (bicyclic) bond motifs is 1. The van der Waals surface area contributed by atoms with Crippen LogP contribution in [0.25, 0.3) is 0 Å². The summed E-state index contributed by atoms with van der Waals surface area (Å²) in [7, 11) is 0. The number of carboxylic acids is 1. The lowest BCUT2D eigenvalue weighted by Crippen LogP contribution is -2.37. The maximum atomic E-state index is 12.9. The number of nitrogens with zero attached hydrogens (tertiary/aromatic N) is 2. The molecule has 1 saturated heterocycles. The molecule has 1 aromatic heterocycles. The number of carboxylic acid groups (broad SMARTS) is 1. The van der Waals surface area contributed by atoms with Crippen molar-refractivity contribution in [1.29, 1.82) is 0 Å². The normalized spacial score (nSPS) is 28.0. The summed E-state index contributed by atoms with van der Waals surface area (Å²) in [6.07, 6.45) is 2.54. The first kappa shape index (κ1) is 15.5. The average Bonchev–Trinajstić information content (AvgIpc) is 3.10. The summed E-state index contributed by atoms with van der Waals surface area (Å²) >= 11 is 1.36. The zero-order valence-electron chi connectivity index (χ0n) is 13.3. The van der Waals surface area contributed by atoms with E-state index in [1.165, 1.54) is 11.3 Å². The Hall–Kier alpha value is -1.43. The first-order valence-corrected chi connectivity index (χ1v) is 8.60. The smallest absolute Gasteiger partial charge is 0.311 e. The van der Waals surface area contributed by atoms with E-state index in [-0.39, 0.29) is 17.2 Å². The Bertz CT molecular complexity index is 619. The Kier molecular flexibility index (Phi) is 3.55. The number of likely N-dealkylation sites (tertiary alicyclic amines) is 1. The van der Waals surface area contributed by atoms with Gasteiger partial charge in [0.15, 0.2) is 0 Å². The fourth-order valence-corrected chi connectivity index (χ4v) is 4.83. The summed E-state index contributed by atoms with van der Waals surface area (Å²) in [5.41, 5.74) is 1.61. The maximum absolute atomic E-state index is 12.9. The summed E-state index contributed by atoms with van der Waals surface area (Å²) < 4.78 is 0. The van der Waals surface area contributed by atoms with Crippen molar-refractivity contribution in [3.05, 3.63) is 16.1 Å². The van der Waals surface area contributed by atoms with Gasteiger partial charge in [-0.25, -0.2) is 4.98 Å². The number of hydrogen-bond donors (Lipinski definition) is 1. The maximum Gasteiger partial charge on any atom is 0.311 e. The van der Waals surface area contributed by atoms with Crippen molar-refractivity contribution < 1.29 is 14.7 Å². The van der Waals surface area contributed by atoms with Crippen LogP contribution in [0.5, 0.6) is 0 Å². The number of carbonyl (C=O) groups excluding carboxylic acids is 1. The average molecular weight is 322 g/mol. The zero-order valence-corrected chi connectivity index (χ0v) is 14.1. The van der Waals surface area contributed by atoms with Crippen LogP contribution in [-0.4, -0.2) is 40.0 Å². The number of hydrogen-bond acceptors (Lipinski definition) is 4. The van der Waals surface area contributed by atoms with Crippen LogP contribution >= 0.6 is 11.3 Å². The van der Waals surface area contributed by atoms with Gasteiger partial charge in [-0.15, -0.1) is 11.3 Å². The summed E-state index contributed by atoms with van der Waals surface area (Å²) in [6.45, 7) is 7.02. The molecule has 1 aromatic rings. The summed E-state index contributed by atoms with van der Waals surface area (Å²) in [5.74, 6) is -0.701. The quantitative estimate of drug-likeness (QED) is 0.909. The number of rotatable bonds is 2. The van der Waals surface area contributed by atoms with Gasteiger partial charge < -0.3 is 10.0 Å². The van der Waals surface area contributed by atoms with Gasteiger partial charge in [-0.2, -0.15) is 0 Å². The van der Waals surface area contributed by atoms with E-state index in [0.717, 1.165) is 18.5 Å². The van der Waals surface area contributed by atoms with Gasteiger partial charge in [-0.05, 0) is 18.8 Å². The molecule has 5 nitrogen and oxygen atoms in total. The Balaban J connectivity index is 1.87.